The third kappa shape index (κ3) is 2.14. The number of hydrogen-bond donors (Lipinski definition) is 1. The van der Waals surface area contributed by atoms with Gasteiger partial charge in [-0.25, -0.2) is 9.97 Å². The highest BCUT2D eigenvalue weighted by Crippen LogP contribution is 2.31. The van der Waals surface area contributed by atoms with Gasteiger partial charge >= 0.3 is 0 Å². The molecule has 0 spiro atoms. The highest BCUT2D eigenvalue weighted by atomic mass is 15.2. The molecule has 2 aliphatic rings. The van der Waals surface area contributed by atoms with Crippen LogP contribution in [0.25, 0.3) is 0 Å². The largest absolute Gasteiger partial charge is 0.384 e. The monoisotopic (exact) mass is 247 g/mol. The van der Waals surface area contributed by atoms with Crippen LogP contribution in [0.5, 0.6) is 0 Å². The van der Waals surface area contributed by atoms with Gasteiger partial charge in [-0.2, -0.15) is 0 Å². The summed E-state index contributed by atoms with van der Waals surface area (Å²) in [6, 6.07) is 2.64. The summed E-state index contributed by atoms with van der Waals surface area (Å²) in [4.78, 5) is 13.2. The minimum atomic E-state index is 0.558. The molecule has 98 valence electrons. The number of nitrogens with zero attached hydrogens (tertiary/aromatic N) is 4. The van der Waals surface area contributed by atoms with Gasteiger partial charge in [0.05, 0.1) is 0 Å². The number of aromatic nitrogens is 2. The molecule has 2 atom stereocenters. The molecular weight excluding hydrogens is 226 g/mol. The van der Waals surface area contributed by atoms with E-state index in [1.165, 1.54) is 25.8 Å². The van der Waals surface area contributed by atoms with E-state index >= 15 is 0 Å². The predicted octanol–water partition coefficient (Wildman–Crippen LogP) is 0.979. The first-order chi connectivity index (χ1) is 8.74. The summed E-state index contributed by atoms with van der Waals surface area (Å²) in [7, 11) is 2.26. The lowest BCUT2D eigenvalue weighted by atomic mass is 9.84. The average Bonchev–Trinajstić information content (AvgIpc) is 2.39. The fourth-order valence-corrected chi connectivity index (χ4v) is 3.40. The molecular formula is C13H21N5. The lowest BCUT2D eigenvalue weighted by Crippen LogP contribution is -2.52. The van der Waals surface area contributed by atoms with Crippen molar-refractivity contribution in [2.75, 3.05) is 37.3 Å². The fourth-order valence-electron chi connectivity index (χ4n) is 3.40. The Bertz CT molecular complexity index is 422. The number of nitrogen functional groups attached to an aromatic ring is 1. The van der Waals surface area contributed by atoms with E-state index in [0.29, 0.717) is 5.82 Å². The number of anilines is 2. The van der Waals surface area contributed by atoms with Crippen LogP contribution in [-0.4, -0.2) is 47.6 Å². The van der Waals surface area contributed by atoms with E-state index in [9.17, 15) is 0 Å². The molecule has 3 heterocycles. The molecule has 0 aliphatic carbocycles. The molecule has 5 nitrogen and oxygen atoms in total. The Morgan fingerprint density at radius 3 is 3.00 bits per heavy atom. The second-order valence-electron chi connectivity index (χ2n) is 5.49. The Hall–Kier alpha value is -1.36. The molecule has 0 radical (unpaired) electrons. The molecule has 2 aliphatic heterocycles. The maximum atomic E-state index is 5.73. The summed E-state index contributed by atoms with van der Waals surface area (Å²) >= 11 is 0. The maximum absolute atomic E-state index is 5.73. The van der Waals surface area contributed by atoms with Crippen molar-refractivity contribution >= 4 is 11.6 Å². The number of fused-ring (bicyclic) bond motifs is 1. The Morgan fingerprint density at radius 1 is 1.28 bits per heavy atom. The smallest absolute Gasteiger partial charge is 0.134 e. The van der Waals surface area contributed by atoms with E-state index in [4.69, 9.17) is 5.73 Å². The lowest BCUT2D eigenvalue weighted by Gasteiger charge is -2.46. The second kappa shape index (κ2) is 4.72. The molecule has 2 N–H and O–H groups in total. The van der Waals surface area contributed by atoms with Crippen molar-refractivity contribution in [2.24, 2.45) is 5.92 Å². The van der Waals surface area contributed by atoms with Crippen molar-refractivity contribution in [2.45, 2.75) is 25.3 Å². The summed E-state index contributed by atoms with van der Waals surface area (Å²) in [6.07, 6.45) is 5.44. The van der Waals surface area contributed by atoms with E-state index in [2.05, 4.69) is 26.8 Å². The van der Waals surface area contributed by atoms with Gasteiger partial charge in [-0.3, -0.25) is 0 Å². The molecule has 5 heteroatoms. The van der Waals surface area contributed by atoms with Crippen LogP contribution < -0.4 is 10.6 Å². The molecule has 0 aromatic carbocycles. The van der Waals surface area contributed by atoms with E-state index in [1.54, 1.807) is 6.33 Å². The molecule has 0 amide bonds. The van der Waals surface area contributed by atoms with Crippen molar-refractivity contribution in [3.63, 3.8) is 0 Å². The zero-order valence-corrected chi connectivity index (χ0v) is 10.9. The van der Waals surface area contributed by atoms with Crippen molar-refractivity contribution in [1.29, 1.82) is 0 Å². The van der Waals surface area contributed by atoms with Gasteiger partial charge in [0.1, 0.15) is 18.0 Å². The van der Waals surface area contributed by atoms with Crippen molar-refractivity contribution in [3.05, 3.63) is 12.4 Å². The van der Waals surface area contributed by atoms with Gasteiger partial charge in [-0.1, -0.05) is 0 Å². The normalized spacial score (nSPS) is 29.1. The molecule has 1 aromatic rings. The minimum absolute atomic E-state index is 0.558. The highest BCUT2D eigenvalue weighted by molar-refractivity contribution is 5.46. The summed E-state index contributed by atoms with van der Waals surface area (Å²) in [5.41, 5.74) is 5.73. The first-order valence-corrected chi connectivity index (χ1v) is 6.77. The van der Waals surface area contributed by atoms with Crippen LogP contribution in [0, 0.1) is 5.92 Å². The Kier molecular flexibility index (Phi) is 3.07. The van der Waals surface area contributed by atoms with Gasteiger partial charge in [-0.15, -0.1) is 0 Å². The minimum Gasteiger partial charge on any atom is -0.384 e. The standard InChI is InChI=1S/C13H21N5/c1-17-5-2-3-10-8-18(6-4-11(10)17)13-7-12(14)15-9-16-13/h7,9-11H,2-6,8H2,1H3,(H2,14,15,16). The highest BCUT2D eigenvalue weighted by Gasteiger charge is 2.34. The van der Waals surface area contributed by atoms with Crippen LogP contribution in [0.1, 0.15) is 19.3 Å². The van der Waals surface area contributed by atoms with E-state index in [1.807, 2.05) is 6.07 Å². The van der Waals surface area contributed by atoms with Crippen LogP contribution in [0.4, 0.5) is 11.6 Å². The van der Waals surface area contributed by atoms with Crippen molar-refractivity contribution in [3.8, 4) is 0 Å². The molecule has 18 heavy (non-hydrogen) atoms. The van der Waals surface area contributed by atoms with Gasteiger partial charge in [0.2, 0.25) is 0 Å². The molecule has 1 aromatic heterocycles. The maximum Gasteiger partial charge on any atom is 0.134 e. The Labute approximate surface area is 108 Å². The molecule has 2 saturated heterocycles. The Morgan fingerprint density at radius 2 is 2.17 bits per heavy atom. The van der Waals surface area contributed by atoms with Crippen molar-refractivity contribution in [1.82, 2.24) is 14.9 Å². The summed E-state index contributed by atoms with van der Waals surface area (Å²) in [5, 5.41) is 0. The zero-order chi connectivity index (χ0) is 12.5. The fraction of sp³-hybridized carbons (Fsp3) is 0.692. The van der Waals surface area contributed by atoms with E-state index in [-0.39, 0.29) is 0 Å². The molecule has 2 fully saturated rings. The van der Waals surface area contributed by atoms with Crippen molar-refractivity contribution < 1.29 is 0 Å². The van der Waals surface area contributed by atoms with Crippen LogP contribution >= 0.6 is 0 Å². The van der Waals surface area contributed by atoms with Gasteiger partial charge in [0.25, 0.3) is 0 Å². The number of likely N-dealkylation sites (tertiary alicyclic amines) is 1. The first-order valence-electron chi connectivity index (χ1n) is 6.77. The van der Waals surface area contributed by atoms with Gasteiger partial charge in [0.15, 0.2) is 0 Å². The molecule has 0 bridgehead atoms. The number of hydrogen-bond acceptors (Lipinski definition) is 5. The van der Waals surface area contributed by atoms with Crippen LogP contribution in [0.15, 0.2) is 12.4 Å². The summed E-state index contributed by atoms with van der Waals surface area (Å²) in [5.74, 6) is 2.31. The topological polar surface area (TPSA) is 58.3 Å². The molecule has 3 rings (SSSR count). The predicted molar refractivity (Wildman–Crippen MR) is 72.4 cm³/mol. The third-order valence-electron chi connectivity index (χ3n) is 4.34. The van der Waals surface area contributed by atoms with Gasteiger partial charge in [0, 0.05) is 25.2 Å². The second-order valence-corrected chi connectivity index (χ2v) is 5.49. The van der Waals surface area contributed by atoms with Crippen LogP contribution in [0.2, 0.25) is 0 Å². The SMILES string of the molecule is CN1CCCC2CN(c3cc(N)ncn3)CCC21. The van der Waals surface area contributed by atoms with Gasteiger partial charge < -0.3 is 15.5 Å². The number of piperidine rings is 2. The Balaban J connectivity index is 1.74. The molecule has 2 unspecified atom stereocenters. The first kappa shape index (κ1) is 11.7. The quantitative estimate of drug-likeness (QED) is 0.801. The van der Waals surface area contributed by atoms with Crippen LogP contribution in [0.3, 0.4) is 0 Å². The number of nitrogens with two attached hydrogens (primary N) is 1. The van der Waals surface area contributed by atoms with Gasteiger partial charge in [-0.05, 0) is 38.8 Å². The number of rotatable bonds is 1. The van der Waals surface area contributed by atoms with E-state index < -0.39 is 0 Å². The van der Waals surface area contributed by atoms with Crippen LogP contribution in [-0.2, 0) is 0 Å². The average molecular weight is 247 g/mol. The van der Waals surface area contributed by atoms with E-state index in [0.717, 1.165) is 30.9 Å². The third-order valence-corrected chi connectivity index (χ3v) is 4.34. The molecule has 0 saturated carbocycles. The summed E-state index contributed by atoms with van der Waals surface area (Å²) < 4.78 is 0. The lowest BCUT2D eigenvalue weighted by molar-refractivity contribution is 0.102. The summed E-state index contributed by atoms with van der Waals surface area (Å²) in [6.45, 7) is 3.43. The zero-order valence-electron chi connectivity index (χ0n) is 10.9.